The van der Waals surface area contributed by atoms with Crippen LogP contribution in [-0.2, 0) is 4.79 Å². The second-order valence-corrected chi connectivity index (χ2v) is 2.70. The van der Waals surface area contributed by atoms with Gasteiger partial charge in [-0.3, -0.25) is 0 Å². The van der Waals surface area contributed by atoms with Crippen molar-refractivity contribution in [3.05, 3.63) is 29.0 Å². The van der Waals surface area contributed by atoms with Gasteiger partial charge in [0.15, 0.2) is 0 Å². The van der Waals surface area contributed by atoms with Crippen LogP contribution in [0.25, 0.3) is 0 Å². The smallest absolute Gasteiger partial charge is 0.129 e. The van der Waals surface area contributed by atoms with Crippen LogP contribution in [0.1, 0.15) is 18.5 Å². The summed E-state index contributed by atoms with van der Waals surface area (Å²) in [5, 5.41) is 0.427. The Kier molecular flexibility index (Phi) is 2.60. The highest BCUT2D eigenvalue weighted by atomic mass is 35.5. The molecule has 0 saturated carbocycles. The number of rotatable bonds is 2. The van der Waals surface area contributed by atoms with Gasteiger partial charge in [0, 0.05) is 0 Å². The fourth-order valence-electron chi connectivity index (χ4n) is 0.747. The zero-order valence-electron chi connectivity index (χ0n) is 6.12. The number of hydrogen-bond acceptors (Lipinski definition) is 2. The van der Waals surface area contributed by atoms with E-state index in [2.05, 4.69) is 4.98 Å². The Hall–Kier alpha value is -0.890. The predicted octanol–water partition coefficient (Wildman–Crippen LogP) is 2.04. The molecule has 1 rings (SSSR count). The number of aromatic nitrogens is 1. The molecular weight excluding hydrogens is 162 g/mol. The van der Waals surface area contributed by atoms with E-state index >= 15 is 0 Å². The van der Waals surface area contributed by atoms with Gasteiger partial charge < -0.3 is 4.79 Å². The lowest BCUT2D eigenvalue weighted by atomic mass is 10.1. The third-order valence-electron chi connectivity index (χ3n) is 1.41. The molecule has 0 bridgehead atoms. The summed E-state index contributed by atoms with van der Waals surface area (Å²) in [4.78, 5) is 14.3. The summed E-state index contributed by atoms with van der Waals surface area (Å²) in [6.45, 7) is 1.78. The van der Waals surface area contributed by atoms with Crippen molar-refractivity contribution in [2.45, 2.75) is 12.8 Å². The lowest BCUT2D eigenvalue weighted by molar-refractivity contribution is -0.108. The molecule has 1 aromatic heterocycles. The number of aldehydes is 1. The molecule has 0 aromatic carbocycles. The molecule has 0 radical (unpaired) electrons. The molecule has 0 aliphatic heterocycles. The molecule has 0 saturated heterocycles. The Morgan fingerprint density at radius 1 is 1.64 bits per heavy atom. The summed E-state index contributed by atoms with van der Waals surface area (Å²) >= 11 is 5.62. The van der Waals surface area contributed by atoms with Gasteiger partial charge >= 0.3 is 0 Å². The summed E-state index contributed by atoms with van der Waals surface area (Å²) in [5.41, 5.74) is 0.715. The van der Waals surface area contributed by atoms with E-state index in [9.17, 15) is 4.79 Å². The fraction of sp³-hybridized carbons (Fsp3) is 0.250. The van der Waals surface area contributed by atoms with Crippen molar-refractivity contribution in [2.75, 3.05) is 0 Å². The van der Waals surface area contributed by atoms with E-state index in [-0.39, 0.29) is 5.92 Å². The minimum absolute atomic E-state index is 0.173. The van der Waals surface area contributed by atoms with Gasteiger partial charge in [0.1, 0.15) is 11.4 Å². The van der Waals surface area contributed by atoms with Crippen molar-refractivity contribution in [2.24, 2.45) is 0 Å². The van der Waals surface area contributed by atoms with E-state index in [4.69, 9.17) is 11.6 Å². The van der Waals surface area contributed by atoms with Crippen LogP contribution >= 0.6 is 11.6 Å². The van der Waals surface area contributed by atoms with Crippen LogP contribution in [0, 0.1) is 0 Å². The highest BCUT2D eigenvalue weighted by Crippen LogP contribution is 2.12. The van der Waals surface area contributed by atoms with Gasteiger partial charge in [-0.2, -0.15) is 0 Å². The average Bonchev–Trinajstić information content (AvgIpc) is 2.03. The summed E-state index contributed by atoms with van der Waals surface area (Å²) in [7, 11) is 0. The van der Waals surface area contributed by atoms with Crippen molar-refractivity contribution in [1.29, 1.82) is 0 Å². The first-order chi connectivity index (χ1) is 5.24. The third-order valence-corrected chi connectivity index (χ3v) is 1.62. The Bertz CT molecular complexity index is 262. The zero-order chi connectivity index (χ0) is 8.27. The van der Waals surface area contributed by atoms with Crippen LogP contribution in [0.15, 0.2) is 18.2 Å². The predicted molar refractivity (Wildman–Crippen MR) is 43.7 cm³/mol. The normalized spacial score (nSPS) is 12.5. The summed E-state index contributed by atoms with van der Waals surface area (Å²) in [5.74, 6) is -0.173. The molecule has 1 atom stereocenters. The molecule has 1 heterocycles. The summed E-state index contributed by atoms with van der Waals surface area (Å²) in [6, 6.07) is 5.25. The minimum atomic E-state index is -0.173. The maximum absolute atomic E-state index is 10.3. The molecule has 1 unspecified atom stereocenters. The van der Waals surface area contributed by atoms with Crippen LogP contribution in [0.4, 0.5) is 0 Å². The average molecular weight is 170 g/mol. The second-order valence-electron chi connectivity index (χ2n) is 2.31. The van der Waals surface area contributed by atoms with Gasteiger partial charge in [0.25, 0.3) is 0 Å². The summed E-state index contributed by atoms with van der Waals surface area (Å²) in [6.07, 6.45) is 0.846. The first-order valence-electron chi connectivity index (χ1n) is 3.32. The van der Waals surface area contributed by atoms with Crippen molar-refractivity contribution < 1.29 is 4.79 Å². The Balaban J connectivity index is 2.95. The lowest BCUT2D eigenvalue weighted by Gasteiger charge is -2.01. The van der Waals surface area contributed by atoms with Crippen LogP contribution < -0.4 is 0 Å². The summed E-state index contributed by atoms with van der Waals surface area (Å²) < 4.78 is 0. The quantitative estimate of drug-likeness (QED) is 0.501. The first-order valence-corrected chi connectivity index (χ1v) is 3.69. The van der Waals surface area contributed by atoms with Crippen LogP contribution in [0.3, 0.4) is 0 Å². The zero-order valence-corrected chi connectivity index (χ0v) is 6.88. The van der Waals surface area contributed by atoms with Gasteiger partial charge in [-0.25, -0.2) is 4.98 Å². The van der Waals surface area contributed by atoms with Crippen molar-refractivity contribution >= 4 is 17.9 Å². The molecule has 0 N–H and O–H groups in total. The molecule has 3 heteroatoms. The fourth-order valence-corrected chi connectivity index (χ4v) is 0.918. The molecule has 0 aliphatic rings. The molecule has 0 spiro atoms. The largest absolute Gasteiger partial charge is 0.303 e. The van der Waals surface area contributed by atoms with Gasteiger partial charge in [-0.05, 0) is 12.1 Å². The molecule has 0 aliphatic carbocycles. The van der Waals surface area contributed by atoms with Crippen molar-refractivity contribution in [3.63, 3.8) is 0 Å². The topological polar surface area (TPSA) is 30.0 Å². The molecule has 0 amide bonds. The van der Waals surface area contributed by atoms with Gasteiger partial charge in [-0.1, -0.05) is 24.6 Å². The Morgan fingerprint density at radius 2 is 2.36 bits per heavy atom. The van der Waals surface area contributed by atoms with E-state index in [1.807, 2.05) is 0 Å². The maximum atomic E-state index is 10.3. The van der Waals surface area contributed by atoms with E-state index in [0.717, 1.165) is 6.29 Å². The Labute approximate surface area is 70.2 Å². The number of nitrogens with zero attached hydrogens (tertiary/aromatic N) is 1. The second kappa shape index (κ2) is 3.49. The van der Waals surface area contributed by atoms with E-state index in [1.165, 1.54) is 0 Å². The maximum Gasteiger partial charge on any atom is 0.129 e. The minimum Gasteiger partial charge on any atom is -0.303 e. The van der Waals surface area contributed by atoms with Crippen LogP contribution in [-0.4, -0.2) is 11.3 Å². The highest BCUT2D eigenvalue weighted by Gasteiger charge is 2.04. The number of carbonyl (C=O) groups excluding carboxylic acids is 1. The molecule has 58 valence electrons. The van der Waals surface area contributed by atoms with E-state index < -0.39 is 0 Å². The molecular formula is C8H8ClNO. The Morgan fingerprint density at radius 3 is 2.91 bits per heavy atom. The standard InChI is InChI=1S/C8H8ClNO/c1-6(5-11)7-3-2-4-8(9)10-7/h2-6H,1H3. The first kappa shape index (κ1) is 8.21. The van der Waals surface area contributed by atoms with Crippen molar-refractivity contribution in [3.8, 4) is 0 Å². The van der Waals surface area contributed by atoms with E-state index in [1.54, 1.807) is 25.1 Å². The van der Waals surface area contributed by atoms with Gasteiger partial charge in [0.2, 0.25) is 0 Å². The number of pyridine rings is 1. The van der Waals surface area contributed by atoms with Gasteiger partial charge in [-0.15, -0.1) is 0 Å². The van der Waals surface area contributed by atoms with E-state index in [0.29, 0.717) is 10.8 Å². The third kappa shape index (κ3) is 2.02. The number of carbonyl (C=O) groups is 1. The van der Waals surface area contributed by atoms with Crippen LogP contribution in [0.2, 0.25) is 5.15 Å². The number of hydrogen-bond donors (Lipinski definition) is 0. The lowest BCUT2D eigenvalue weighted by Crippen LogP contribution is -1.97. The highest BCUT2D eigenvalue weighted by molar-refractivity contribution is 6.29. The van der Waals surface area contributed by atoms with Crippen molar-refractivity contribution in [1.82, 2.24) is 4.98 Å². The molecule has 2 nitrogen and oxygen atoms in total. The molecule has 0 fully saturated rings. The molecule has 11 heavy (non-hydrogen) atoms. The monoisotopic (exact) mass is 169 g/mol. The molecule has 1 aromatic rings. The SMILES string of the molecule is CC(C=O)c1cccc(Cl)n1. The number of halogens is 1. The van der Waals surface area contributed by atoms with Crippen LogP contribution in [0.5, 0.6) is 0 Å². The van der Waals surface area contributed by atoms with Gasteiger partial charge in [0.05, 0.1) is 11.6 Å².